The van der Waals surface area contributed by atoms with E-state index in [0.29, 0.717) is 6.54 Å². The van der Waals surface area contributed by atoms with E-state index in [1.165, 1.54) is 4.90 Å². The Balaban J connectivity index is 2.35. The molecule has 1 heterocycles. The normalized spacial score (nSPS) is 20.1. The first kappa shape index (κ1) is 11.0. The molecule has 0 unspecified atom stereocenters. The summed E-state index contributed by atoms with van der Waals surface area (Å²) >= 11 is 3.33. The fourth-order valence-electron chi connectivity index (χ4n) is 1.73. The van der Waals surface area contributed by atoms with Gasteiger partial charge in [-0.2, -0.15) is 5.26 Å². The van der Waals surface area contributed by atoms with Crippen LogP contribution in [0.2, 0.25) is 0 Å². The number of halogens is 1. The van der Waals surface area contributed by atoms with Crippen molar-refractivity contribution in [2.24, 2.45) is 0 Å². The second-order valence-corrected chi connectivity index (χ2v) is 4.57. The minimum atomic E-state index is -0.404. The number of nitrogens with zero attached hydrogens (tertiary/aromatic N) is 3. The van der Waals surface area contributed by atoms with Crippen LogP contribution in [-0.4, -0.2) is 30.6 Å². The molecule has 0 aliphatic carbocycles. The molecule has 1 aromatic carbocycles. The van der Waals surface area contributed by atoms with E-state index in [2.05, 4.69) is 22.0 Å². The van der Waals surface area contributed by atoms with Crippen LogP contribution in [0.25, 0.3) is 0 Å². The van der Waals surface area contributed by atoms with Crippen molar-refractivity contribution in [3.8, 4) is 6.07 Å². The molecule has 0 saturated carbocycles. The van der Waals surface area contributed by atoms with Crippen LogP contribution in [0.3, 0.4) is 0 Å². The van der Waals surface area contributed by atoms with E-state index in [1.54, 1.807) is 11.9 Å². The summed E-state index contributed by atoms with van der Waals surface area (Å²) in [5.41, 5.74) is 0.754. The maximum atomic E-state index is 11.8. The van der Waals surface area contributed by atoms with Gasteiger partial charge in [0.15, 0.2) is 0 Å². The molecule has 1 aliphatic rings. The van der Waals surface area contributed by atoms with Crippen LogP contribution in [0, 0.1) is 11.3 Å². The van der Waals surface area contributed by atoms with Crippen molar-refractivity contribution in [3.63, 3.8) is 0 Å². The quantitative estimate of drug-likeness (QED) is 0.791. The minimum absolute atomic E-state index is 0.131. The van der Waals surface area contributed by atoms with Gasteiger partial charge in [0.05, 0.1) is 12.6 Å². The lowest BCUT2D eigenvalue weighted by molar-refractivity contribution is 0.229. The van der Waals surface area contributed by atoms with Crippen LogP contribution < -0.4 is 4.90 Å². The number of nitriles is 1. The molecule has 1 atom stereocenters. The summed E-state index contributed by atoms with van der Waals surface area (Å²) in [4.78, 5) is 14.9. The standard InChI is InChI=1S/C11H10BrN3O/c1-14-7-10(6-13)15(11(14)16)9-4-2-8(12)3-5-9/h2-5,10H,7H2,1H3/t10-/m1/s1. The lowest BCUT2D eigenvalue weighted by Crippen LogP contribution is -2.33. The first-order valence-electron chi connectivity index (χ1n) is 4.83. The van der Waals surface area contributed by atoms with Gasteiger partial charge in [-0.25, -0.2) is 4.79 Å². The fraction of sp³-hybridized carbons (Fsp3) is 0.273. The summed E-state index contributed by atoms with van der Waals surface area (Å²) in [5, 5.41) is 9.01. The third kappa shape index (κ3) is 1.76. The molecule has 2 amide bonds. The van der Waals surface area contributed by atoms with Gasteiger partial charge in [0, 0.05) is 17.2 Å². The van der Waals surface area contributed by atoms with Crippen molar-refractivity contribution in [1.29, 1.82) is 5.26 Å². The van der Waals surface area contributed by atoms with Crippen LogP contribution in [0.1, 0.15) is 0 Å². The molecule has 0 spiro atoms. The lowest BCUT2D eigenvalue weighted by Gasteiger charge is -2.18. The third-order valence-corrected chi connectivity index (χ3v) is 3.07. The number of hydrogen-bond donors (Lipinski definition) is 0. The summed E-state index contributed by atoms with van der Waals surface area (Å²) in [5.74, 6) is 0. The van der Waals surface area contributed by atoms with E-state index >= 15 is 0 Å². The zero-order valence-corrected chi connectivity index (χ0v) is 10.3. The number of benzene rings is 1. The lowest BCUT2D eigenvalue weighted by atomic mass is 10.2. The number of carbonyl (C=O) groups excluding carboxylic acids is 1. The second kappa shape index (κ2) is 4.14. The van der Waals surface area contributed by atoms with Gasteiger partial charge in [-0.1, -0.05) is 15.9 Å². The molecule has 1 aromatic rings. The summed E-state index contributed by atoms with van der Waals surface area (Å²) in [7, 11) is 1.70. The molecule has 82 valence electrons. The van der Waals surface area contributed by atoms with Gasteiger partial charge in [-0.3, -0.25) is 4.90 Å². The van der Waals surface area contributed by atoms with E-state index in [9.17, 15) is 4.79 Å². The molecule has 1 fully saturated rings. The average molecular weight is 280 g/mol. The predicted octanol–water partition coefficient (Wildman–Crippen LogP) is 2.21. The van der Waals surface area contributed by atoms with Crippen LogP contribution in [-0.2, 0) is 0 Å². The summed E-state index contributed by atoms with van der Waals surface area (Å²) < 4.78 is 0.949. The van der Waals surface area contributed by atoms with E-state index < -0.39 is 6.04 Å². The predicted molar refractivity (Wildman–Crippen MR) is 64.0 cm³/mol. The van der Waals surface area contributed by atoms with Crippen LogP contribution in [0.5, 0.6) is 0 Å². The Kier molecular flexibility index (Phi) is 2.84. The highest BCUT2D eigenvalue weighted by molar-refractivity contribution is 9.10. The monoisotopic (exact) mass is 279 g/mol. The van der Waals surface area contributed by atoms with Crippen molar-refractivity contribution >= 4 is 27.6 Å². The van der Waals surface area contributed by atoms with E-state index in [0.717, 1.165) is 10.2 Å². The number of anilines is 1. The average Bonchev–Trinajstić information content (AvgIpc) is 2.57. The molecule has 1 saturated heterocycles. The van der Waals surface area contributed by atoms with Gasteiger partial charge < -0.3 is 4.90 Å². The van der Waals surface area contributed by atoms with Crippen LogP contribution in [0.4, 0.5) is 10.5 Å². The maximum Gasteiger partial charge on any atom is 0.325 e. The van der Waals surface area contributed by atoms with Gasteiger partial charge >= 0.3 is 6.03 Å². The Morgan fingerprint density at radius 1 is 1.44 bits per heavy atom. The van der Waals surface area contributed by atoms with Gasteiger partial charge in [0.25, 0.3) is 0 Å². The smallest absolute Gasteiger partial charge is 0.324 e. The van der Waals surface area contributed by atoms with Gasteiger partial charge in [-0.05, 0) is 24.3 Å². The first-order valence-corrected chi connectivity index (χ1v) is 5.62. The Hall–Kier alpha value is -1.54. The molecule has 0 aromatic heterocycles. The number of carbonyl (C=O) groups is 1. The number of rotatable bonds is 1. The van der Waals surface area contributed by atoms with Gasteiger partial charge in [0.2, 0.25) is 0 Å². The van der Waals surface area contributed by atoms with Crippen molar-refractivity contribution in [2.45, 2.75) is 6.04 Å². The SMILES string of the molecule is CN1C[C@@H](C#N)N(c2ccc(Br)cc2)C1=O. The molecule has 4 nitrogen and oxygen atoms in total. The zero-order valence-electron chi connectivity index (χ0n) is 8.72. The van der Waals surface area contributed by atoms with Crippen molar-refractivity contribution in [1.82, 2.24) is 4.90 Å². The largest absolute Gasteiger partial charge is 0.325 e. The van der Waals surface area contributed by atoms with E-state index in [4.69, 9.17) is 5.26 Å². The molecule has 1 aliphatic heterocycles. The van der Waals surface area contributed by atoms with Crippen molar-refractivity contribution in [2.75, 3.05) is 18.5 Å². The third-order valence-electron chi connectivity index (χ3n) is 2.54. The molecular weight excluding hydrogens is 270 g/mol. The molecular formula is C11H10BrN3O. The molecule has 0 N–H and O–H groups in total. The topological polar surface area (TPSA) is 47.3 Å². The van der Waals surface area contributed by atoms with Crippen LogP contribution >= 0.6 is 15.9 Å². The van der Waals surface area contributed by atoms with Crippen molar-refractivity contribution < 1.29 is 4.79 Å². The molecule has 0 radical (unpaired) electrons. The Bertz CT molecular complexity index is 451. The van der Waals surface area contributed by atoms with Crippen molar-refractivity contribution in [3.05, 3.63) is 28.7 Å². The highest BCUT2D eigenvalue weighted by atomic mass is 79.9. The van der Waals surface area contributed by atoms with E-state index in [1.807, 2.05) is 24.3 Å². The Labute approximate surface area is 102 Å². The van der Waals surface area contributed by atoms with Gasteiger partial charge in [-0.15, -0.1) is 0 Å². The molecule has 0 bridgehead atoms. The molecule has 16 heavy (non-hydrogen) atoms. The highest BCUT2D eigenvalue weighted by Crippen LogP contribution is 2.25. The number of amides is 2. The maximum absolute atomic E-state index is 11.8. The Morgan fingerprint density at radius 2 is 2.06 bits per heavy atom. The summed E-state index contributed by atoms with van der Waals surface area (Å²) in [6.07, 6.45) is 0. The van der Waals surface area contributed by atoms with E-state index in [-0.39, 0.29) is 6.03 Å². The summed E-state index contributed by atoms with van der Waals surface area (Å²) in [6, 6.07) is 8.97. The zero-order chi connectivity index (χ0) is 11.7. The summed E-state index contributed by atoms with van der Waals surface area (Å²) in [6.45, 7) is 0.450. The Morgan fingerprint density at radius 3 is 2.62 bits per heavy atom. The number of likely N-dealkylation sites (N-methyl/N-ethyl adjacent to an activating group) is 1. The second-order valence-electron chi connectivity index (χ2n) is 3.65. The number of hydrogen-bond acceptors (Lipinski definition) is 2. The minimum Gasteiger partial charge on any atom is -0.324 e. The molecule has 2 rings (SSSR count). The highest BCUT2D eigenvalue weighted by Gasteiger charge is 2.36. The molecule has 5 heteroatoms. The van der Waals surface area contributed by atoms with Gasteiger partial charge in [0.1, 0.15) is 6.04 Å². The fourth-order valence-corrected chi connectivity index (χ4v) is 1.99. The van der Waals surface area contributed by atoms with Crippen LogP contribution in [0.15, 0.2) is 28.7 Å². The first-order chi connectivity index (χ1) is 7.63. The number of urea groups is 1.